The van der Waals surface area contributed by atoms with Crippen LogP contribution in [0.1, 0.15) is 29.3 Å². The molecule has 0 spiro atoms. The van der Waals surface area contributed by atoms with Gasteiger partial charge in [-0.2, -0.15) is 0 Å². The fraction of sp³-hybridized carbons (Fsp3) is 0.308. The molecule has 1 aromatic rings. The number of hydrogen-bond donors (Lipinski definition) is 1. The fourth-order valence-corrected chi connectivity index (χ4v) is 1.37. The Labute approximate surface area is 105 Å². The molecular weight excluding hydrogens is 234 g/mol. The molecule has 96 valence electrons. The summed E-state index contributed by atoms with van der Waals surface area (Å²) in [5, 5.41) is 2.62. The summed E-state index contributed by atoms with van der Waals surface area (Å²) in [6, 6.07) is 6.69. The fourth-order valence-electron chi connectivity index (χ4n) is 1.37. The van der Waals surface area contributed by atoms with Crippen LogP contribution in [0.25, 0.3) is 0 Å². The quantitative estimate of drug-likeness (QED) is 0.625. The van der Waals surface area contributed by atoms with E-state index in [0.29, 0.717) is 12.1 Å². The standard InChI is InChI=1S/C13H15NO4/c1-9(15)7-12(16)14-8-10-3-5-11(6-4-10)13(17)18-2/h3-6H,7-8H2,1-2H3,(H,14,16). The highest BCUT2D eigenvalue weighted by molar-refractivity contribution is 5.96. The first-order valence-corrected chi connectivity index (χ1v) is 5.46. The molecule has 0 atom stereocenters. The van der Waals surface area contributed by atoms with E-state index in [-0.39, 0.29) is 18.1 Å². The predicted molar refractivity (Wildman–Crippen MR) is 64.9 cm³/mol. The summed E-state index contributed by atoms with van der Waals surface area (Å²) in [4.78, 5) is 33.1. The number of Topliss-reactive ketones (excluding diaryl/α,β-unsaturated/α-hetero) is 1. The average molecular weight is 249 g/mol. The van der Waals surface area contributed by atoms with Crippen LogP contribution in [0, 0.1) is 0 Å². The molecule has 0 aliphatic rings. The molecule has 5 nitrogen and oxygen atoms in total. The van der Waals surface area contributed by atoms with Gasteiger partial charge >= 0.3 is 5.97 Å². The minimum Gasteiger partial charge on any atom is -0.465 e. The molecule has 1 rings (SSSR count). The predicted octanol–water partition coefficient (Wildman–Crippen LogP) is 1.07. The van der Waals surface area contributed by atoms with Crippen molar-refractivity contribution in [3.05, 3.63) is 35.4 Å². The maximum Gasteiger partial charge on any atom is 0.337 e. The lowest BCUT2D eigenvalue weighted by atomic mass is 10.1. The maximum atomic E-state index is 11.2. The van der Waals surface area contributed by atoms with Crippen molar-refractivity contribution < 1.29 is 19.1 Å². The van der Waals surface area contributed by atoms with E-state index in [0.717, 1.165) is 5.56 Å². The molecule has 0 saturated heterocycles. The topological polar surface area (TPSA) is 72.5 Å². The highest BCUT2D eigenvalue weighted by atomic mass is 16.5. The van der Waals surface area contributed by atoms with Crippen LogP contribution in [0.4, 0.5) is 0 Å². The van der Waals surface area contributed by atoms with Crippen molar-refractivity contribution in [1.29, 1.82) is 0 Å². The monoisotopic (exact) mass is 249 g/mol. The third kappa shape index (κ3) is 4.37. The summed E-state index contributed by atoms with van der Waals surface area (Å²) >= 11 is 0. The van der Waals surface area contributed by atoms with Crippen molar-refractivity contribution in [2.24, 2.45) is 0 Å². The molecular formula is C13H15NO4. The molecule has 0 aromatic heterocycles. The van der Waals surface area contributed by atoms with Gasteiger partial charge in [-0.3, -0.25) is 9.59 Å². The van der Waals surface area contributed by atoms with Crippen molar-refractivity contribution in [3.8, 4) is 0 Å². The normalized spacial score (nSPS) is 9.67. The molecule has 0 aliphatic heterocycles. The van der Waals surface area contributed by atoms with E-state index in [9.17, 15) is 14.4 Å². The highest BCUT2D eigenvalue weighted by Gasteiger charge is 2.06. The van der Waals surface area contributed by atoms with E-state index in [4.69, 9.17) is 0 Å². The summed E-state index contributed by atoms with van der Waals surface area (Å²) in [6.45, 7) is 1.69. The smallest absolute Gasteiger partial charge is 0.337 e. The maximum absolute atomic E-state index is 11.2. The minimum absolute atomic E-state index is 0.111. The number of carbonyl (C=O) groups excluding carboxylic acids is 3. The van der Waals surface area contributed by atoms with Gasteiger partial charge in [0.25, 0.3) is 0 Å². The number of benzene rings is 1. The summed E-state index contributed by atoms with van der Waals surface area (Å²) in [6.07, 6.45) is -0.111. The van der Waals surface area contributed by atoms with E-state index in [1.165, 1.54) is 14.0 Å². The summed E-state index contributed by atoms with van der Waals surface area (Å²) in [5.74, 6) is -0.879. The Morgan fingerprint density at radius 3 is 2.28 bits per heavy atom. The van der Waals surface area contributed by atoms with Crippen molar-refractivity contribution in [1.82, 2.24) is 5.32 Å². The number of methoxy groups -OCH3 is 1. The van der Waals surface area contributed by atoms with Gasteiger partial charge in [0.15, 0.2) is 0 Å². The van der Waals surface area contributed by atoms with Crippen LogP contribution in [-0.2, 0) is 20.9 Å². The Morgan fingerprint density at radius 2 is 1.78 bits per heavy atom. The van der Waals surface area contributed by atoms with Crippen LogP contribution >= 0.6 is 0 Å². The highest BCUT2D eigenvalue weighted by Crippen LogP contribution is 2.05. The van der Waals surface area contributed by atoms with E-state index in [1.807, 2.05) is 0 Å². The molecule has 0 heterocycles. The SMILES string of the molecule is COC(=O)c1ccc(CNC(=O)CC(C)=O)cc1. The average Bonchev–Trinajstić information content (AvgIpc) is 2.35. The zero-order chi connectivity index (χ0) is 13.5. The number of nitrogens with one attached hydrogen (secondary N) is 1. The summed E-state index contributed by atoms with van der Waals surface area (Å²) < 4.78 is 4.57. The Kier molecular flexibility index (Phi) is 5.05. The van der Waals surface area contributed by atoms with Crippen LogP contribution in [0.3, 0.4) is 0 Å². The molecule has 1 N–H and O–H groups in total. The first-order chi connectivity index (χ1) is 8.52. The van der Waals surface area contributed by atoms with Gasteiger partial charge in [0, 0.05) is 6.54 Å². The molecule has 1 amide bonds. The zero-order valence-corrected chi connectivity index (χ0v) is 10.4. The largest absolute Gasteiger partial charge is 0.465 e. The van der Waals surface area contributed by atoms with Crippen molar-refractivity contribution in [3.63, 3.8) is 0 Å². The molecule has 0 aliphatic carbocycles. The second-order valence-corrected chi connectivity index (χ2v) is 3.84. The van der Waals surface area contributed by atoms with Crippen LogP contribution in [0.2, 0.25) is 0 Å². The second-order valence-electron chi connectivity index (χ2n) is 3.84. The number of ether oxygens (including phenoxy) is 1. The van der Waals surface area contributed by atoms with Crippen LogP contribution < -0.4 is 5.32 Å². The van der Waals surface area contributed by atoms with Gasteiger partial charge in [-0.05, 0) is 24.6 Å². The Morgan fingerprint density at radius 1 is 1.17 bits per heavy atom. The van der Waals surface area contributed by atoms with Crippen LogP contribution in [-0.4, -0.2) is 24.8 Å². The van der Waals surface area contributed by atoms with Gasteiger partial charge in [0.05, 0.1) is 19.1 Å². The number of rotatable bonds is 5. The van der Waals surface area contributed by atoms with Crippen LogP contribution in [0.5, 0.6) is 0 Å². The third-order valence-corrected chi connectivity index (χ3v) is 2.27. The van der Waals surface area contributed by atoms with E-state index in [1.54, 1.807) is 24.3 Å². The summed E-state index contributed by atoms with van der Waals surface area (Å²) in [7, 11) is 1.32. The van der Waals surface area contributed by atoms with Gasteiger partial charge in [0.2, 0.25) is 5.91 Å². The summed E-state index contributed by atoms with van der Waals surface area (Å²) in [5.41, 5.74) is 1.30. The number of esters is 1. The third-order valence-electron chi connectivity index (χ3n) is 2.27. The first-order valence-electron chi connectivity index (χ1n) is 5.46. The minimum atomic E-state index is -0.401. The number of amides is 1. The Hall–Kier alpha value is -2.17. The number of carbonyl (C=O) groups is 3. The van der Waals surface area contributed by atoms with Gasteiger partial charge in [-0.25, -0.2) is 4.79 Å². The van der Waals surface area contributed by atoms with E-state index < -0.39 is 5.97 Å². The first kappa shape index (κ1) is 13.9. The Bertz CT molecular complexity index is 451. The molecule has 0 saturated carbocycles. The van der Waals surface area contributed by atoms with Crippen molar-refractivity contribution >= 4 is 17.7 Å². The molecule has 0 radical (unpaired) electrons. The number of hydrogen-bond acceptors (Lipinski definition) is 4. The molecule has 1 aromatic carbocycles. The van der Waals surface area contributed by atoms with Crippen LogP contribution in [0.15, 0.2) is 24.3 Å². The molecule has 18 heavy (non-hydrogen) atoms. The Balaban J connectivity index is 2.51. The van der Waals surface area contributed by atoms with E-state index in [2.05, 4.69) is 10.1 Å². The van der Waals surface area contributed by atoms with Gasteiger partial charge in [0.1, 0.15) is 5.78 Å². The van der Waals surface area contributed by atoms with Crippen molar-refractivity contribution in [2.45, 2.75) is 19.9 Å². The zero-order valence-electron chi connectivity index (χ0n) is 10.4. The van der Waals surface area contributed by atoms with Crippen molar-refractivity contribution in [2.75, 3.05) is 7.11 Å². The van der Waals surface area contributed by atoms with E-state index >= 15 is 0 Å². The molecule has 5 heteroatoms. The second kappa shape index (κ2) is 6.54. The lowest BCUT2D eigenvalue weighted by molar-refractivity contribution is -0.127. The molecule has 0 unspecified atom stereocenters. The lowest BCUT2D eigenvalue weighted by Gasteiger charge is -2.05. The van der Waals surface area contributed by atoms with Gasteiger partial charge < -0.3 is 10.1 Å². The molecule has 0 bridgehead atoms. The van der Waals surface area contributed by atoms with Gasteiger partial charge in [-0.1, -0.05) is 12.1 Å². The van der Waals surface area contributed by atoms with Gasteiger partial charge in [-0.15, -0.1) is 0 Å². The lowest BCUT2D eigenvalue weighted by Crippen LogP contribution is -2.24. The molecule has 0 fully saturated rings. The number of ketones is 1.